The van der Waals surface area contributed by atoms with E-state index < -0.39 is 40.0 Å². The second-order valence-electron chi connectivity index (χ2n) is 6.72. The van der Waals surface area contributed by atoms with Gasteiger partial charge in [-0.25, -0.2) is 13.1 Å². The van der Waals surface area contributed by atoms with Gasteiger partial charge < -0.3 is 10.1 Å². The summed E-state index contributed by atoms with van der Waals surface area (Å²) in [6.45, 7) is 3.33. The first-order valence-electron chi connectivity index (χ1n) is 8.78. The van der Waals surface area contributed by atoms with Crippen LogP contribution in [-0.2, 0) is 21.0 Å². The zero-order chi connectivity index (χ0) is 22.5. The highest BCUT2D eigenvalue weighted by Gasteiger charge is 2.33. The highest BCUT2D eigenvalue weighted by atomic mass is 35.5. The summed E-state index contributed by atoms with van der Waals surface area (Å²) in [6, 6.07) is 8.22. The van der Waals surface area contributed by atoms with Crippen LogP contribution in [0.3, 0.4) is 0 Å². The molecule has 0 spiro atoms. The highest BCUT2D eigenvalue weighted by Crippen LogP contribution is 2.34. The molecule has 0 aromatic heterocycles. The number of para-hydroxylation sites is 1. The minimum Gasteiger partial charge on any atom is -0.482 e. The molecule has 164 valence electrons. The number of hydrogen-bond donors (Lipinski definition) is 2. The fraction of sp³-hybridized carbons (Fsp3) is 0.316. The Morgan fingerprint density at radius 2 is 1.83 bits per heavy atom. The van der Waals surface area contributed by atoms with Crippen LogP contribution >= 0.6 is 11.6 Å². The lowest BCUT2D eigenvalue weighted by Gasteiger charge is -2.14. The summed E-state index contributed by atoms with van der Waals surface area (Å²) in [7, 11) is -3.76. The van der Waals surface area contributed by atoms with E-state index in [-0.39, 0.29) is 28.1 Å². The largest absolute Gasteiger partial charge is 0.482 e. The molecule has 0 unspecified atom stereocenters. The molecule has 6 nitrogen and oxygen atoms in total. The standard InChI is InChI=1S/C19H20ClF3N2O4S/c1-12(2)10-24-30(27,28)13-7-8-17(15(20)9-13)29-11-18(26)25-16-6-4-3-5-14(16)19(21,22)23/h3-9,12,24H,10-11H2,1-2H3,(H,25,26). The molecule has 0 fully saturated rings. The minimum atomic E-state index is -4.63. The second kappa shape index (κ2) is 9.67. The number of sulfonamides is 1. The van der Waals surface area contributed by atoms with Gasteiger partial charge in [-0.2, -0.15) is 13.2 Å². The lowest BCUT2D eigenvalue weighted by molar-refractivity contribution is -0.137. The molecule has 11 heteroatoms. The van der Waals surface area contributed by atoms with Crippen LogP contribution < -0.4 is 14.8 Å². The van der Waals surface area contributed by atoms with Crippen LogP contribution in [0.15, 0.2) is 47.4 Å². The first-order chi connectivity index (χ1) is 13.9. The molecule has 2 N–H and O–H groups in total. The number of benzene rings is 2. The van der Waals surface area contributed by atoms with Gasteiger partial charge in [0.15, 0.2) is 6.61 Å². The van der Waals surface area contributed by atoms with Gasteiger partial charge in [-0.1, -0.05) is 37.6 Å². The lowest BCUT2D eigenvalue weighted by atomic mass is 10.1. The predicted molar refractivity (Wildman–Crippen MR) is 107 cm³/mol. The lowest BCUT2D eigenvalue weighted by Crippen LogP contribution is -2.27. The smallest absolute Gasteiger partial charge is 0.418 e. The monoisotopic (exact) mass is 464 g/mol. The van der Waals surface area contributed by atoms with E-state index in [4.69, 9.17) is 16.3 Å². The SMILES string of the molecule is CC(C)CNS(=O)(=O)c1ccc(OCC(=O)Nc2ccccc2C(F)(F)F)c(Cl)c1. The Kier molecular flexibility index (Phi) is 7.73. The summed E-state index contributed by atoms with van der Waals surface area (Å²) in [4.78, 5) is 11.9. The molecule has 0 aliphatic rings. The van der Waals surface area contributed by atoms with Gasteiger partial charge in [-0.15, -0.1) is 0 Å². The Hall–Kier alpha value is -2.30. The average Bonchev–Trinajstić information content (AvgIpc) is 2.65. The summed E-state index contributed by atoms with van der Waals surface area (Å²) in [5.41, 5.74) is -1.39. The maximum absolute atomic E-state index is 13.0. The summed E-state index contributed by atoms with van der Waals surface area (Å²) in [5, 5.41) is 2.07. The Bertz CT molecular complexity index is 1010. The Balaban J connectivity index is 2.04. The van der Waals surface area contributed by atoms with E-state index in [0.29, 0.717) is 0 Å². The van der Waals surface area contributed by atoms with E-state index in [1.165, 1.54) is 24.3 Å². The van der Waals surface area contributed by atoms with Crippen molar-refractivity contribution in [2.75, 3.05) is 18.5 Å². The van der Waals surface area contributed by atoms with Gasteiger partial charge in [0.05, 0.1) is 21.2 Å². The van der Waals surface area contributed by atoms with Gasteiger partial charge in [0.25, 0.3) is 5.91 Å². The van der Waals surface area contributed by atoms with Crippen LogP contribution in [0.5, 0.6) is 5.75 Å². The fourth-order valence-electron chi connectivity index (χ4n) is 2.29. The molecule has 2 rings (SSSR count). The average molecular weight is 465 g/mol. The van der Waals surface area contributed by atoms with Crippen molar-refractivity contribution in [3.63, 3.8) is 0 Å². The molecule has 0 aliphatic heterocycles. The number of ether oxygens (including phenoxy) is 1. The fourth-order valence-corrected chi connectivity index (χ4v) is 3.83. The van der Waals surface area contributed by atoms with E-state index in [0.717, 1.165) is 18.2 Å². The maximum Gasteiger partial charge on any atom is 0.418 e. The van der Waals surface area contributed by atoms with Crippen molar-refractivity contribution < 1.29 is 31.1 Å². The highest BCUT2D eigenvalue weighted by molar-refractivity contribution is 7.89. The molecule has 0 radical (unpaired) electrons. The maximum atomic E-state index is 13.0. The van der Waals surface area contributed by atoms with Crippen LogP contribution in [-0.4, -0.2) is 27.5 Å². The number of nitrogens with one attached hydrogen (secondary N) is 2. The number of anilines is 1. The summed E-state index contributed by atoms with van der Waals surface area (Å²) < 4.78 is 71.0. The van der Waals surface area contributed by atoms with E-state index >= 15 is 0 Å². The molecule has 0 heterocycles. The van der Waals surface area contributed by atoms with Gasteiger partial charge in [0.1, 0.15) is 5.75 Å². The van der Waals surface area contributed by atoms with Crippen molar-refractivity contribution in [1.29, 1.82) is 0 Å². The normalized spacial score (nSPS) is 12.1. The molecule has 0 atom stereocenters. The quantitative estimate of drug-likeness (QED) is 0.609. The van der Waals surface area contributed by atoms with Gasteiger partial charge in [-0.3, -0.25) is 4.79 Å². The molecule has 30 heavy (non-hydrogen) atoms. The zero-order valence-electron chi connectivity index (χ0n) is 16.1. The molecule has 0 aliphatic carbocycles. The van der Waals surface area contributed by atoms with Gasteiger partial charge in [-0.05, 0) is 36.2 Å². The molecule has 2 aromatic rings. The van der Waals surface area contributed by atoms with E-state index in [9.17, 15) is 26.4 Å². The predicted octanol–water partition coefficient (Wildman–Crippen LogP) is 4.31. The van der Waals surface area contributed by atoms with Crippen molar-refractivity contribution in [3.8, 4) is 5.75 Å². The molecule has 0 bridgehead atoms. The number of carbonyl (C=O) groups is 1. The van der Waals surface area contributed by atoms with Crippen LogP contribution in [0.4, 0.5) is 18.9 Å². The first-order valence-corrected chi connectivity index (χ1v) is 10.6. The molecule has 0 saturated carbocycles. The Labute approximate surface area is 177 Å². The van der Waals surface area contributed by atoms with Crippen molar-refractivity contribution in [3.05, 3.63) is 53.1 Å². The molecule has 2 aromatic carbocycles. The molecule has 0 saturated heterocycles. The number of carbonyl (C=O) groups excluding carboxylic acids is 1. The van der Waals surface area contributed by atoms with Crippen LogP contribution in [0.1, 0.15) is 19.4 Å². The van der Waals surface area contributed by atoms with Crippen LogP contribution in [0, 0.1) is 5.92 Å². The van der Waals surface area contributed by atoms with Crippen LogP contribution in [0.2, 0.25) is 5.02 Å². The second-order valence-corrected chi connectivity index (χ2v) is 8.89. The third kappa shape index (κ3) is 6.61. The number of halogens is 4. The van der Waals surface area contributed by atoms with E-state index in [1.807, 2.05) is 13.8 Å². The van der Waals surface area contributed by atoms with Crippen molar-refractivity contribution >= 4 is 33.2 Å². The number of hydrogen-bond acceptors (Lipinski definition) is 4. The Morgan fingerprint density at radius 1 is 1.17 bits per heavy atom. The van der Waals surface area contributed by atoms with Crippen LogP contribution in [0.25, 0.3) is 0 Å². The molecular formula is C19H20ClF3N2O4S. The number of alkyl halides is 3. The third-order valence-electron chi connectivity index (χ3n) is 3.76. The topological polar surface area (TPSA) is 84.5 Å². The van der Waals surface area contributed by atoms with Gasteiger partial charge in [0.2, 0.25) is 10.0 Å². The van der Waals surface area contributed by atoms with Crippen molar-refractivity contribution in [1.82, 2.24) is 4.72 Å². The van der Waals surface area contributed by atoms with Crippen molar-refractivity contribution in [2.24, 2.45) is 5.92 Å². The summed E-state index contributed by atoms with van der Waals surface area (Å²) in [5.74, 6) is -0.712. The Morgan fingerprint density at radius 3 is 2.43 bits per heavy atom. The zero-order valence-corrected chi connectivity index (χ0v) is 17.7. The van der Waals surface area contributed by atoms with Crippen molar-refractivity contribution in [2.45, 2.75) is 24.9 Å². The summed E-state index contributed by atoms with van der Waals surface area (Å²) in [6.07, 6.45) is -4.63. The third-order valence-corrected chi connectivity index (χ3v) is 5.48. The van der Waals surface area contributed by atoms with Gasteiger partial charge >= 0.3 is 6.18 Å². The number of amides is 1. The van der Waals surface area contributed by atoms with Gasteiger partial charge in [0, 0.05) is 6.54 Å². The summed E-state index contributed by atoms with van der Waals surface area (Å²) >= 11 is 6.03. The van der Waals surface area contributed by atoms with E-state index in [2.05, 4.69) is 10.0 Å². The van der Waals surface area contributed by atoms with E-state index in [1.54, 1.807) is 0 Å². The minimum absolute atomic E-state index is 0.0127. The molecular weight excluding hydrogens is 445 g/mol. The molecule has 1 amide bonds. The first kappa shape index (κ1) is 24.0. The number of rotatable bonds is 8.